The highest BCUT2D eigenvalue weighted by atomic mass is 16.3. The van der Waals surface area contributed by atoms with Gasteiger partial charge >= 0.3 is 0 Å². The fourth-order valence-corrected chi connectivity index (χ4v) is 2.67. The molecule has 1 saturated carbocycles. The van der Waals surface area contributed by atoms with Crippen molar-refractivity contribution in [2.75, 3.05) is 6.61 Å². The number of carbonyl (C=O) groups excluding carboxylic acids is 1. The minimum atomic E-state index is -0.206. The zero-order chi connectivity index (χ0) is 12.9. The van der Waals surface area contributed by atoms with Crippen molar-refractivity contribution < 1.29 is 9.90 Å². The van der Waals surface area contributed by atoms with Gasteiger partial charge in [0, 0.05) is 5.41 Å². The molecular formula is C14H27NO2. The minimum absolute atomic E-state index is 0.0417. The summed E-state index contributed by atoms with van der Waals surface area (Å²) >= 11 is 0. The van der Waals surface area contributed by atoms with Gasteiger partial charge in [-0.25, -0.2) is 0 Å². The number of aliphatic hydroxyl groups is 1. The number of rotatable bonds is 5. The Bertz CT molecular complexity index is 245. The first-order valence-electron chi connectivity index (χ1n) is 6.90. The maximum Gasteiger partial charge on any atom is 0.226 e. The van der Waals surface area contributed by atoms with E-state index < -0.39 is 0 Å². The molecule has 1 rings (SSSR count). The smallest absolute Gasteiger partial charge is 0.226 e. The van der Waals surface area contributed by atoms with Crippen LogP contribution in [0.2, 0.25) is 0 Å². The highest BCUT2D eigenvalue weighted by Gasteiger charge is 2.35. The maximum absolute atomic E-state index is 12.2. The molecule has 1 fully saturated rings. The predicted octanol–water partition coefficient (Wildman–Crippen LogP) is 2.48. The number of hydrogen-bond donors (Lipinski definition) is 2. The zero-order valence-electron chi connectivity index (χ0n) is 11.5. The van der Waals surface area contributed by atoms with Crippen molar-refractivity contribution in [3.63, 3.8) is 0 Å². The summed E-state index contributed by atoms with van der Waals surface area (Å²) in [5.74, 6) is 0.628. The Morgan fingerprint density at radius 2 is 1.88 bits per heavy atom. The van der Waals surface area contributed by atoms with Crippen LogP contribution in [0.3, 0.4) is 0 Å². The average Bonchev–Trinajstić information content (AvgIpc) is 2.28. The number of amides is 1. The summed E-state index contributed by atoms with van der Waals surface area (Å²) < 4.78 is 0. The third-order valence-electron chi connectivity index (χ3n) is 3.82. The maximum atomic E-state index is 12.2. The van der Waals surface area contributed by atoms with Crippen molar-refractivity contribution in [2.24, 2.45) is 11.3 Å². The van der Waals surface area contributed by atoms with E-state index in [-0.39, 0.29) is 24.0 Å². The number of nitrogens with one attached hydrogen (secondary N) is 1. The molecule has 0 radical (unpaired) electrons. The molecule has 2 N–H and O–H groups in total. The summed E-state index contributed by atoms with van der Waals surface area (Å²) in [6.07, 6.45) is 6.36. The fraction of sp³-hybridized carbons (Fsp3) is 0.929. The minimum Gasteiger partial charge on any atom is -0.394 e. The molecule has 3 heteroatoms. The van der Waals surface area contributed by atoms with Crippen LogP contribution in [0.4, 0.5) is 0 Å². The van der Waals surface area contributed by atoms with Crippen LogP contribution >= 0.6 is 0 Å². The van der Waals surface area contributed by atoms with Crippen LogP contribution in [-0.4, -0.2) is 23.7 Å². The summed E-state index contributed by atoms with van der Waals surface area (Å²) in [7, 11) is 0. The van der Waals surface area contributed by atoms with E-state index in [1.807, 2.05) is 0 Å². The van der Waals surface area contributed by atoms with Crippen molar-refractivity contribution in [3.8, 4) is 0 Å². The normalized spacial score (nSPS) is 21.2. The van der Waals surface area contributed by atoms with Crippen molar-refractivity contribution in [3.05, 3.63) is 0 Å². The Kier molecular flexibility index (Phi) is 5.44. The lowest BCUT2D eigenvalue weighted by atomic mass is 9.75. The first-order chi connectivity index (χ1) is 7.98. The van der Waals surface area contributed by atoms with Gasteiger partial charge in [0.25, 0.3) is 0 Å². The SMILES string of the molecule is CC(C)CC(CO)NC(=O)C1(C)CCCCC1. The van der Waals surface area contributed by atoms with Crippen LogP contribution in [0.15, 0.2) is 0 Å². The van der Waals surface area contributed by atoms with E-state index in [0.29, 0.717) is 5.92 Å². The van der Waals surface area contributed by atoms with Crippen LogP contribution in [0.25, 0.3) is 0 Å². The molecule has 0 aromatic heterocycles. The molecule has 3 nitrogen and oxygen atoms in total. The summed E-state index contributed by atoms with van der Waals surface area (Å²) in [5, 5.41) is 12.3. The van der Waals surface area contributed by atoms with E-state index in [2.05, 4.69) is 26.1 Å². The highest BCUT2D eigenvalue weighted by molar-refractivity contribution is 5.82. The highest BCUT2D eigenvalue weighted by Crippen LogP contribution is 2.36. The van der Waals surface area contributed by atoms with Crippen molar-refractivity contribution >= 4 is 5.91 Å². The van der Waals surface area contributed by atoms with Gasteiger partial charge < -0.3 is 10.4 Å². The fourth-order valence-electron chi connectivity index (χ4n) is 2.67. The summed E-state index contributed by atoms with van der Waals surface area (Å²) in [5.41, 5.74) is -0.206. The lowest BCUT2D eigenvalue weighted by molar-refractivity contribution is -0.133. The standard InChI is InChI=1S/C14H27NO2/c1-11(2)9-12(10-16)15-13(17)14(3)7-5-4-6-8-14/h11-12,16H,4-10H2,1-3H3,(H,15,17). The Hall–Kier alpha value is -0.570. The first-order valence-corrected chi connectivity index (χ1v) is 6.90. The monoisotopic (exact) mass is 241 g/mol. The van der Waals surface area contributed by atoms with Gasteiger partial charge in [0.1, 0.15) is 0 Å². The van der Waals surface area contributed by atoms with Gasteiger partial charge in [-0.3, -0.25) is 4.79 Å². The summed E-state index contributed by atoms with van der Waals surface area (Å²) in [4.78, 5) is 12.2. The molecule has 1 aliphatic rings. The molecular weight excluding hydrogens is 214 g/mol. The van der Waals surface area contributed by atoms with E-state index >= 15 is 0 Å². The molecule has 1 atom stereocenters. The second-order valence-electron chi connectivity index (χ2n) is 6.10. The average molecular weight is 241 g/mol. The molecule has 0 saturated heterocycles. The molecule has 0 spiro atoms. The lowest BCUT2D eigenvalue weighted by Crippen LogP contribution is -2.46. The summed E-state index contributed by atoms with van der Waals surface area (Å²) in [6.45, 7) is 6.32. The third-order valence-corrected chi connectivity index (χ3v) is 3.82. The van der Waals surface area contributed by atoms with E-state index in [1.54, 1.807) is 0 Å². The second kappa shape index (κ2) is 6.39. The Morgan fingerprint density at radius 3 is 2.35 bits per heavy atom. The molecule has 100 valence electrons. The number of aliphatic hydroxyl groups excluding tert-OH is 1. The molecule has 0 bridgehead atoms. The molecule has 0 aromatic rings. The molecule has 0 aromatic carbocycles. The van der Waals surface area contributed by atoms with Gasteiger partial charge in [-0.15, -0.1) is 0 Å². The van der Waals surface area contributed by atoms with Crippen molar-refractivity contribution in [1.29, 1.82) is 0 Å². The number of hydrogen-bond acceptors (Lipinski definition) is 2. The van der Waals surface area contributed by atoms with Crippen LogP contribution in [0.1, 0.15) is 59.3 Å². The topological polar surface area (TPSA) is 49.3 Å². The Morgan fingerprint density at radius 1 is 1.29 bits per heavy atom. The predicted molar refractivity (Wildman–Crippen MR) is 69.7 cm³/mol. The Labute approximate surface area is 105 Å². The van der Waals surface area contributed by atoms with E-state index in [4.69, 9.17) is 0 Å². The van der Waals surface area contributed by atoms with Gasteiger partial charge in [-0.05, 0) is 25.2 Å². The van der Waals surface area contributed by atoms with Gasteiger partial charge in [0.2, 0.25) is 5.91 Å². The quantitative estimate of drug-likeness (QED) is 0.777. The molecule has 1 unspecified atom stereocenters. The second-order valence-corrected chi connectivity index (χ2v) is 6.10. The number of carbonyl (C=O) groups is 1. The van der Waals surface area contributed by atoms with Crippen LogP contribution in [-0.2, 0) is 4.79 Å². The van der Waals surface area contributed by atoms with Crippen LogP contribution in [0.5, 0.6) is 0 Å². The van der Waals surface area contributed by atoms with Gasteiger partial charge in [-0.2, -0.15) is 0 Å². The van der Waals surface area contributed by atoms with Crippen molar-refractivity contribution in [2.45, 2.75) is 65.3 Å². The van der Waals surface area contributed by atoms with E-state index in [9.17, 15) is 9.90 Å². The third kappa shape index (κ3) is 4.30. The van der Waals surface area contributed by atoms with Gasteiger partial charge in [-0.1, -0.05) is 40.0 Å². The molecule has 1 amide bonds. The van der Waals surface area contributed by atoms with E-state index in [1.165, 1.54) is 6.42 Å². The largest absolute Gasteiger partial charge is 0.394 e. The molecule has 1 aliphatic carbocycles. The van der Waals surface area contributed by atoms with Gasteiger partial charge in [0.05, 0.1) is 12.6 Å². The molecule has 0 heterocycles. The first kappa shape index (κ1) is 14.5. The molecule has 17 heavy (non-hydrogen) atoms. The van der Waals surface area contributed by atoms with Crippen molar-refractivity contribution in [1.82, 2.24) is 5.32 Å². The zero-order valence-corrected chi connectivity index (χ0v) is 11.5. The lowest BCUT2D eigenvalue weighted by Gasteiger charge is -2.33. The van der Waals surface area contributed by atoms with Gasteiger partial charge in [0.15, 0.2) is 0 Å². The summed E-state index contributed by atoms with van der Waals surface area (Å²) in [6, 6.07) is -0.0822. The van der Waals surface area contributed by atoms with Crippen LogP contribution < -0.4 is 5.32 Å². The Balaban J connectivity index is 2.50. The molecule has 0 aliphatic heterocycles. The van der Waals surface area contributed by atoms with E-state index in [0.717, 1.165) is 32.1 Å². The van der Waals surface area contributed by atoms with Crippen LogP contribution in [0, 0.1) is 11.3 Å².